The molecule has 0 bridgehead atoms. The summed E-state index contributed by atoms with van der Waals surface area (Å²) in [7, 11) is 1.78. The molecule has 0 radical (unpaired) electrons. The third-order valence-electron chi connectivity index (χ3n) is 2.75. The molecule has 0 fully saturated rings. The van der Waals surface area contributed by atoms with Gasteiger partial charge in [0.25, 0.3) is 5.91 Å². The number of amides is 1. The molecule has 1 unspecified atom stereocenters. The van der Waals surface area contributed by atoms with Gasteiger partial charge in [0.05, 0.1) is 0 Å². The number of aryl methyl sites for hydroxylation is 1. The Balaban J connectivity index is 0.00000256. The minimum absolute atomic E-state index is 0. The van der Waals surface area contributed by atoms with E-state index in [9.17, 15) is 4.79 Å². The topological polar surface area (TPSA) is 46.3 Å². The Bertz CT molecular complexity index is 398. The Labute approximate surface area is 117 Å². The normalized spacial score (nSPS) is 11.6. The number of carbonyl (C=O) groups excluding carboxylic acids is 1. The van der Waals surface area contributed by atoms with Gasteiger partial charge in [0.15, 0.2) is 0 Å². The van der Waals surface area contributed by atoms with Gasteiger partial charge in [-0.3, -0.25) is 4.79 Å². The van der Waals surface area contributed by atoms with Gasteiger partial charge in [0.2, 0.25) is 0 Å². The highest BCUT2D eigenvalue weighted by atomic mass is 79.9. The maximum absolute atomic E-state index is 12.2. The highest BCUT2D eigenvalue weighted by molar-refractivity contribution is 9.10. The molecule has 0 heterocycles. The Morgan fingerprint density at radius 3 is 2.65 bits per heavy atom. The fourth-order valence-electron chi connectivity index (χ4n) is 1.37. The van der Waals surface area contributed by atoms with Gasteiger partial charge in [-0.15, -0.1) is 12.4 Å². The SMILES string of the molecule is Cc1ccc(Br)cc1C(=O)N(C)C(C)CN.Cl. The fraction of sp³-hybridized carbons (Fsp3) is 0.417. The van der Waals surface area contributed by atoms with Gasteiger partial charge < -0.3 is 10.6 Å². The van der Waals surface area contributed by atoms with Crippen LogP contribution in [0.1, 0.15) is 22.8 Å². The van der Waals surface area contributed by atoms with Crippen LogP contribution in [0.4, 0.5) is 0 Å². The van der Waals surface area contributed by atoms with E-state index in [1.807, 2.05) is 32.0 Å². The molecule has 1 aromatic rings. The second-order valence-corrected chi connectivity index (χ2v) is 4.88. The van der Waals surface area contributed by atoms with Crippen molar-refractivity contribution in [2.45, 2.75) is 19.9 Å². The lowest BCUT2D eigenvalue weighted by atomic mass is 10.1. The monoisotopic (exact) mass is 320 g/mol. The molecule has 2 N–H and O–H groups in total. The molecule has 0 aliphatic carbocycles. The number of halogens is 2. The molecule has 1 rings (SSSR count). The summed E-state index contributed by atoms with van der Waals surface area (Å²) >= 11 is 3.37. The number of likely N-dealkylation sites (N-methyl/N-ethyl adjacent to an activating group) is 1. The van der Waals surface area contributed by atoms with Crippen LogP contribution in [0, 0.1) is 6.92 Å². The first kappa shape index (κ1) is 16.4. The molecule has 3 nitrogen and oxygen atoms in total. The summed E-state index contributed by atoms with van der Waals surface area (Å²) in [5, 5.41) is 0. The number of hydrogen-bond donors (Lipinski definition) is 1. The lowest BCUT2D eigenvalue weighted by Gasteiger charge is -2.24. The average Bonchev–Trinajstić information content (AvgIpc) is 2.29. The number of hydrogen-bond acceptors (Lipinski definition) is 2. The number of rotatable bonds is 3. The van der Waals surface area contributed by atoms with Gasteiger partial charge in [0, 0.05) is 29.7 Å². The van der Waals surface area contributed by atoms with Crippen LogP contribution in [-0.4, -0.2) is 30.4 Å². The summed E-state index contributed by atoms with van der Waals surface area (Å²) in [6, 6.07) is 5.75. The predicted molar refractivity (Wildman–Crippen MR) is 76.7 cm³/mol. The van der Waals surface area contributed by atoms with E-state index in [4.69, 9.17) is 5.73 Å². The Kier molecular flexibility index (Phi) is 6.75. The molecule has 1 amide bonds. The van der Waals surface area contributed by atoms with Crippen molar-refractivity contribution in [2.75, 3.05) is 13.6 Å². The second kappa shape index (κ2) is 6.99. The number of nitrogens with two attached hydrogens (primary N) is 1. The van der Waals surface area contributed by atoms with Crippen LogP contribution in [0.15, 0.2) is 22.7 Å². The summed E-state index contributed by atoms with van der Waals surface area (Å²) in [6.45, 7) is 4.33. The number of carbonyl (C=O) groups is 1. The number of benzene rings is 1. The van der Waals surface area contributed by atoms with Crippen molar-refractivity contribution in [3.05, 3.63) is 33.8 Å². The van der Waals surface area contributed by atoms with Crippen molar-refractivity contribution >= 4 is 34.2 Å². The van der Waals surface area contributed by atoms with Gasteiger partial charge >= 0.3 is 0 Å². The molecule has 1 aromatic carbocycles. The maximum Gasteiger partial charge on any atom is 0.254 e. The van der Waals surface area contributed by atoms with E-state index in [-0.39, 0.29) is 24.4 Å². The third-order valence-corrected chi connectivity index (χ3v) is 3.25. The van der Waals surface area contributed by atoms with Crippen LogP contribution in [0.25, 0.3) is 0 Å². The predicted octanol–water partition coefficient (Wildman–Crippen LogP) is 2.60. The first-order valence-electron chi connectivity index (χ1n) is 5.20. The van der Waals surface area contributed by atoms with Gasteiger partial charge in [-0.2, -0.15) is 0 Å². The quantitative estimate of drug-likeness (QED) is 0.930. The third kappa shape index (κ3) is 3.98. The fourth-order valence-corrected chi connectivity index (χ4v) is 1.73. The summed E-state index contributed by atoms with van der Waals surface area (Å²) in [4.78, 5) is 13.8. The minimum atomic E-state index is 0. The molecule has 0 aliphatic heterocycles. The number of nitrogens with zero attached hydrogens (tertiary/aromatic N) is 1. The van der Waals surface area contributed by atoms with E-state index in [2.05, 4.69) is 15.9 Å². The lowest BCUT2D eigenvalue weighted by molar-refractivity contribution is 0.0747. The molecule has 0 saturated heterocycles. The lowest BCUT2D eigenvalue weighted by Crippen LogP contribution is -2.39. The largest absolute Gasteiger partial charge is 0.338 e. The van der Waals surface area contributed by atoms with Gasteiger partial charge in [-0.05, 0) is 31.5 Å². The van der Waals surface area contributed by atoms with Gasteiger partial charge in [-0.25, -0.2) is 0 Å². The first-order chi connectivity index (χ1) is 7.47. The zero-order valence-corrected chi connectivity index (χ0v) is 12.6. The standard InChI is InChI=1S/C12H17BrN2O.ClH/c1-8-4-5-10(13)6-11(8)12(16)15(3)9(2)7-14;/h4-6,9H,7,14H2,1-3H3;1H. The van der Waals surface area contributed by atoms with E-state index >= 15 is 0 Å². The van der Waals surface area contributed by atoms with Crippen molar-refractivity contribution in [3.8, 4) is 0 Å². The average molecular weight is 322 g/mol. The summed E-state index contributed by atoms with van der Waals surface area (Å²) in [6.07, 6.45) is 0. The summed E-state index contributed by atoms with van der Waals surface area (Å²) < 4.78 is 0.912. The minimum Gasteiger partial charge on any atom is -0.338 e. The molecular formula is C12H18BrClN2O. The van der Waals surface area contributed by atoms with Crippen molar-refractivity contribution < 1.29 is 4.79 Å². The van der Waals surface area contributed by atoms with Crippen LogP contribution in [-0.2, 0) is 0 Å². The van der Waals surface area contributed by atoms with Crippen LogP contribution >= 0.6 is 28.3 Å². The van der Waals surface area contributed by atoms with Crippen molar-refractivity contribution in [1.82, 2.24) is 4.90 Å². The van der Waals surface area contributed by atoms with Crippen molar-refractivity contribution in [2.24, 2.45) is 5.73 Å². The summed E-state index contributed by atoms with van der Waals surface area (Å²) in [5.41, 5.74) is 7.25. The highest BCUT2D eigenvalue weighted by Gasteiger charge is 2.18. The smallest absolute Gasteiger partial charge is 0.254 e. The zero-order valence-electron chi connectivity index (χ0n) is 10.2. The van der Waals surface area contributed by atoms with E-state index < -0.39 is 0 Å². The van der Waals surface area contributed by atoms with Crippen LogP contribution in [0.2, 0.25) is 0 Å². The maximum atomic E-state index is 12.2. The molecule has 0 spiro atoms. The molecule has 0 aromatic heterocycles. The zero-order chi connectivity index (χ0) is 12.3. The van der Waals surface area contributed by atoms with Crippen molar-refractivity contribution in [3.63, 3.8) is 0 Å². The van der Waals surface area contributed by atoms with E-state index in [1.54, 1.807) is 11.9 Å². The van der Waals surface area contributed by atoms with Crippen LogP contribution in [0.3, 0.4) is 0 Å². The molecule has 0 saturated carbocycles. The Morgan fingerprint density at radius 2 is 2.12 bits per heavy atom. The van der Waals surface area contributed by atoms with Crippen molar-refractivity contribution in [1.29, 1.82) is 0 Å². The molecule has 0 aliphatic rings. The van der Waals surface area contributed by atoms with Crippen LogP contribution < -0.4 is 5.73 Å². The van der Waals surface area contributed by atoms with Crippen LogP contribution in [0.5, 0.6) is 0 Å². The van der Waals surface area contributed by atoms with E-state index in [0.29, 0.717) is 6.54 Å². The molecule has 17 heavy (non-hydrogen) atoms. The van der Waals surface area contributed by atoms with Gasteiger partial charge in [0.1, 0.15) is 0 Å². The molecule has 5 heteroatoms. The first-order valence-corrected chi connectivity index (χ1v) is 6.00. The Hall–Kier alpha value is -0.580. The highest BCUT2D eigenvalue weighted by Crippen LogP contribution is 2.18. The molecule has 1 atom stereocenters. The summed E-state index contributed by atoms with van der Waals surface area (Å²) in [5.74, 6) is 0.0109. The molecule has 96 valence electrons. The second-order valence-electron chi connectivity index (χ2n) is 3.96. The van der Waals surface area contributed by atoms with E-state index in [1.165, 1.54) is 0 Å². The molecular weight excluding hydrogens is 304 g/mol. The van der Waals surface area contributed by atoms with E-state index in [0.717, 1.165) is 15.6 Å². The van der Waals surface area contributed by atoms with Gasteiger partial charge in [-0.1, -0.05) is 22.0 Å². The Morgan fingerprint density at radius 1 is 1.53 bits per heavy atom.